The molecule has 0 aliphatic carbocycles. The van der Waals surface area contributed by atoms with Gasteiger partial charge in [0, 0.05) is 23.7 Å². The summed E-state index contributed by atoms with van der Waals surface area (Å²) in [7, 11) is 0. The van der Waals surface area contributed by atoms with Gasteiger partial charge in [-0.15, -0.1) is 0 Å². The van der Waals surface area contributed by atoms with Crippen LogP contribution in [0.3, 0.4) is 0 Å². The van der Waals surface area contributed by atoms with Crippen molar-refractivity contribution in [1.82, 2.24) is 4.90 Å². The first-order chi connectivity index (χ1) is 9.87. The van der Waals surface area contributed by atoms with Crippen molar-refractivity contribution in [3.63, 3.8) is 0 Å². The molecule has 5 heteroatoms. The van der Waals surface area contributed by atoms with Crippen molar-refractivity contribution in [1.29, 1.82) is 0 Å². The van der Waals surface area contributed by atoms with Crippen LogP contribution in [-0.2, 0) is 4.79 Å². The number of nitrogens with zero attached hydrogens (tertiary/aromatic N) is 1. The van der Waals surface area contributed by atoms with Crippen molar-refractivity contribution in [3.05, 3.63) is 34.9 Å². The van der Waals surface area contributed by atoms with Crippen molar-refractivity contribution < 1.29 is 4.79 Å². The Morgan fingerprint density at radius 3 is 2.52 bits per heavy atom. The van der Waals surface area contributed by atoms with Crippen LogP contribution >= 0.6 is 11.6 Å². The van der Waals surface area contributed by atoms with Gasteiger partial charge in [0.25, 0.3) is 0 Å². The molecule has 1 aliphatic heterocycles. The van der Waals surface area contributed by atoms with Crippen LogP contribution in [0.15, 0.2) is 24.3 Å². The van der Waals surface area contributed by atoms with E-state index < -0.39 is 5.41 Å². The molecule has 1 aliphatic rings. The second-order valence-electron chi connectivity index (χ2n) is 6.21. The van der Waals surface area contributed by atoms with Crippen LogP contribution in [0.25, 0.3) is 0 Å². The topological polar surface area (TPSA) is 72.3 Å². The van der Waals surface area contributed by atoms with Crippen LogP contribution in [0, 0.1) is 5.41 Å². The van der Waals surface area contributed by atoms with Crippen molar-refractivity contribution in [2.24, 2.45) is 16.9 Å². The first kappa shape index (κ1) is 16.3. The van der Waals surface area contributed by atoms with Gasteiger partial charge in [0.15, 0.2) is 0 Å². The van der Waals surface area contributed by atoms with Crippen molar-refractivity contribution >= 4 is 17.5 Å². The maximum atomic E-state index is 11.7. The number of nitrogens with two attached hydrogens (primary N) is 2. The summed E-state index contributed by atoms with van der Waals surface area (Å²) >= 11 is 5.97. The number of hydrogen-bond acceptors (Lipinski definition) is 3. The Bertz CT molecular complexity index is 505. The molecule has 0 radical (unpaired) electrons. The fourth-order valence-electron chi connectivity index (χ4n) is 3.05. The Balaban J connectivity index is 2.26. The predicted octanol–water partition coefficient (Wildman–Crippen LogP) is 2.32. The van der Waals surface area contributed by atoms with Gasteiger partial charge in [-0.1, -0.05) is 30.7 Å². The molecule has 4 nitrogen and oxygen atoms in total. The normalized spacial score (nSPS) is 25.7. The third kappa shape index (κ3) is 3.39. The second kappa shape index (κ2) is 6.34. The molecule has 0 aromatic heterocycles. The van der Waals surface area contributed by atoms with E-state index in [0.29, 0.717) is 11.6 Å². The van der Waals surface area contributed by atoms with Crippen molar-refractivity contribution in [3.8, 4) is 0 Å². The molecule has 0 bridgehead atoms. The fraction of sp³-hybridized carbons (Fsp3) is 0.562. The number of rotatable bonds is 5. The molecule has 3 atom stereocenters. The Hall–Kier alpha value is -1.10. The lowest BCUT2D eigenvalue weighted by Crippen LogP contribution is -2.42. The molecule has 1 amide bonds. The number of carbonyl (C=O) groups is 1. The summed E-state index contributed by atoms with van der Waals surface area (Å²) in [4.78, 5) is 13.9. The van der Waals surface area contributed by atoms with Gasteiger partial charge in [-0.2, -0.15) is 0 Å². The van der Waals surface area contributed by atoms with E-state index in [-0.39, 0.29) is 18.0 Å². The maximum Gasteiger partial charge on any atom is 0.224 e. The molecule has 1 fully saturated rings. The lowest BCUT2D eigenvalue weighted by atomic mass is 9.89. The van der Waals surface area contributed by atoms with E-state index in [1.807, 2.05) is 31.2 Å². The Morgan fingerprint density at radius 1 is 1.43 bits per heavy atom. The minimum absolute atomic E-state index is 0.0152. The van der Waals surface area contributed by atoms with Crippen LogP contribution in [0.1, 0.15) is 38.3 Å². The monoisotopic (exact) mass is 309 g/mol. The largest absolute Gasteiger partial charge is 0.369 e. The van der Waals surface area contributed by atoms with E-state index in [4.69, 9.17) is 23.1 Å². The first-order valence-electron chi connectivity index (χ1n) is 7.42. The average Bonchev–Trinajstić information content (AvgIpc) is 2.85. The van der Waals surface area contributed by atoms with Crippen LogP contribution in [-0.4, -0.2) is 29.9 Å². The molecule has 116 valence electrons. The highest BCUT2D eigenvalue weighted by molar-refractivity contribution is 6.30. The fourth-order valence-corrected chi connectivity index (χ4v) is 3.17. The number of likely N-dealkylation sites (tertiary alicyclic amines) is 1. The van der Waals surface area contributed by atoms with Crippen LogP contribution in [0.2, 0.25) is 5.02 Å². The number of hydrogen-bond donors (Lipinski definition) is 2. The van der Waals surface area contributed by atoms with Gasteiger partial charge < -0.3 is 11.5 Å². The molecule has 4 N–H and O–H groups in total. The Kier molecular flexibility index (Phi) is 4.91. The highest BCUT2D eigenvalue weighted by atomic mass is 35.5. The smallest absolute Gasteiger partial charge is 0.224 e. The van der Waals surface area contributed by atoms with E-state index in [9.17, 15) is 4.79 Å². The van der Waals surface area contributed by atoms with E-state index in [2.05, 4.69) is 11.8 Å². The summed E-state index contributed by atoms with van der Waals surface area (Å²) in [5.41, 5.74) is 12.6. The Labute approximate surface area is 131 Å². The van der Waals surface area contributed by atoms with Crippen molar-refractivity contribution in [2.45, 2.75) is 38.8 Å². The minimum atomic E-state index is -0.460. The van der Waals surface area contributed by atoms with Crippen LogP contribution in [0.4, 0.5) is 0 Å². The molecule has 1 aromatic rings. The molecule has 2 rings (SSSR count). The molecule has 21 heavy (non-hydrogen) atoms. The average molecular weight is 310 g/mol. The van der Waals surface area contributed by atoms with Gasteiger partial charge in [-0.05, 0) is 44.0 Å². The predicted molar refractivity (Wildman–Crippen MR) is 86.0 cm³/mol. The summed E-state index contributed by atoms with van der Waals surface area (Å²) in [6.45, 7) is 5.51. The zero-order valence-electron chi connectivity index (χ0n) is 12.7. The summed E-state index contributed by atoms with van der Waals surface area (Å²) < 4.78 is 0. The van der Waals surface area contributed by atoms with E-state index in [1.165, 1.54) is 0 Å². The maximum absolute atomic E-state index is 11.7. The molecule has 3 unspecified atom stereocenters. The molecular weight excluding hydrogens is 286 g/mol. The van der Waals surface area contributed by atoms with E-state index >= 15 is 0 Å². The first-order valence-corrected chi connectivity index (χ1v) is 7.80. The van der Waals surface area contributed by atoms with Gasteiger partial charge in [-0.3, -0.25) is 9.69 Å². The third-order valence-corrected chi connectivity index (χ3v) is 4.83. The van der Waals surface area contributed by atoms with Gasteiger partial charge >= 0.3 is 0 Å². The minimum Gasteiger partial charge on any atom is -0.369 e. The van der Waals surface area contributed by atoms with Gasteiger partial charge in [0.1, 0.15) is 0 Å². The van der Waals surface area contributed by atoms with Crippen LogP contribution in [0.5, 0.6) is 0 Å². The lowest BCUT2D eigenvalue weighted by molar-refractivity contribution is -0.126. The molecule has 1 saturated heterocycles. The molecule has 0 spiro atoms. The number of amides is 1. The summed E-state index contributed by atoms with van der Waals surface area (Å²) in [6, 6.07) is 7.91. The van der Waals surface area contributed by atoms with Gasteiger partial charge in [0.2, 0.25) is 5.91 Å². The van der Waals surface area contributed by atoms with Gasteiger partial charge in [-0.25, -0.2) is 0 Å². The summed E-state index contributed by atoms with van der Waals surface area (Å²) in [5, 5.41) is 0.714. The number of carbonyl (C=O) groups excluding carboxylic acids is 1. The summed E-state index contributed by atoms with van der Waals surface area (Å²) in [5.74, 6) is -0.232. The quantitative estimate of drug-likeness (QED) is 0.876. The molecular formula is C16H24ClN3O. The zero-order chi connectivity index (χ0) is 15.6. The van der Waals surface area contributed by atoms with Crippen LogP contribution < -0.4 is 11.5 Å². The molecule has 0 saturated carbocycles. The van der Waals surface area contributed by atoms with Crippen molar-refractivity contribution in [2.75, 3.05) is 13.1 Å². The SMILES string of the molecule is CCC(N)C(c1ccc(Cl)cc1)N1CCC(C)(C(N)=O)C1. The highest BCUT2D eigenvalue weighted by Crippen LogP contribution is 2.37. The van der Waals surface area contributed by atoms with E-state index in [0.717, 1.165) is 24.9 Å². The summed E-state index contributed by atoms with van der Waals surface area (Å²) in [6.07, 6.45) is 1.65. The van der Waals surface area contributed by atoms with E-state index in [1.54, 1.807) is 0 Å². The number of primary amides is 1. The standard InChI is InChI=1S/C16H24ClN3O/c1-3-13(18)14(11-4-6-12(17)7-5-11)20-9-8-16(2,10-20)15(19)21/h4-7,13-14H,3,8-10,18H2,1-2H3,(H2,19,21). The van der Waals surface area contributed by atoms with Gasteiger partial charge in [0.05, 0.1) is 5.41 Å². The third-order valence-electron chi connectivity index (χ3n) is 4.58. The zero-order valence-corrected chi connectivity index (χ0v) is 13.4. The molecule has 1 aromatic carbocycles. The number of halogens is 1. The second-order valence-corrected chi connectivity index (χ2v) is 6.65. The Morgan fingerprint density at radius 2 is 2.05 bits per heavy atom. The highest BCUT2D eigenvalue weighted by Gasteiger charge is 2.42. The molecule has 1 heterocycles. The lowest BCUT2D eigenvalue weighted by Gasteiger charge is -2.33. The number of benzene rings is 1.